The molecule has 1 atom stereocenters. The molecule has 1 unspecified atom stereocenters. The number of amides is 1. The lowest BCUT2D eigenvalue weighted by atomic mass is 10.3. The van der Waals surface area contributed by atoms with E-state index in [4.69, 9.17) is 0 Å². The number of aromatic nitrogens is 2. The van der Waals surface area contributed by atoms with Crippen molar-refractivity contribution < 1.29 is 13.2 Å². The molecule has 1 aromatic heterocycles. The van der Waals surface area contributed by atoms with Crippen molar-refractivity contribution in [2.75, 3.05) is 19.6 Å². The monoisotopic (exact) mass is 303 g/mol. The zero-order valence-corrected chi connectivity index (χ0v) is 12.7. The van der Waals surface area contributed by atoms with Gasteiger partial charge in [0.15, 0.2) is 0 Å². The molecule has 8 nitrogen and oxygen atoms in total. The quantitative estimate of drug-likeness (QED) is 0.524. The van der Waals surface area contributed by atoms with Crippen LogP contribution in [0.15, 0.2) is 17.3 Å². The summed E-state index contributed by atoms with van der Waals surface area (Å²) in [5.41, 5.74) is 0. The molecule has 9 heteroatoms. The Bertz CT molecular complexity index is 540. The number of rotatable bonds is 8. The summed E-state index contributed by atoms with van der Waals surface area (Å²) in [5.74, 6) is -0.365. The average molecular weight is 303 g/mol. The van der Waals surface area contributed by atoms with Crippen LogP contribution >= 0.6 is 0 Å². The Hall–Kier alpha value is -1.45. The number of carbonyl (C=O) groups is 1. The Morgan fingerprint density at radius 2 is 2.15 bits per heavy atom. The largest absolute Gasteiger partial charge is 0.353 e. The van der Waals surface area contributed by atoms with E-state index in [-0.39, 0.29) is 10.8 Å². The smallest absolute Gasteiger partial charge is 0.244 e. The fourth-order valence-corrected chi connectivity index (χ4v) is 2.68. The van der Waals surface area contributed by atoms with Gasteiger partial charge >= 0.3 is 0 Å². The number of aryl methyl sites for hydroxylation is 1. The highest BCUT2D eigenvalue weighted by Gasteiger charge is 2.22. The van der Waals surface area contributed by atoms with Gasteiger partial charge in [0.2, 0.25) is 15.9 Å². The van der Waals surface area contributed by atoms with Crippen molar-refractivity contribution in [3.05, 3.63) is 12.4 Å². The number of likely N-dealkylation sites (N-methyl/N-ethyl adjacent to an activating group) is 1. The highest BCUT2D eigenvalue weighted by Crippen LogP contribution is 2.06. The minimum absolute atomic E-state index is 0.0345. The second-order valence-electron chi connectivity index (χ2n) is 4.34. The molecule has 0 aromatic carbocycles. The lowest BCUT2D eigenvalue weighted by Crippen LogP contribution is -2.46. The van der Waals surface area contributed by atoms with Crippen molar-refractivity contribution >= 4 is 15.9 Å². The van der Waals surface area contributed by atoms with Gasteiger partial charge in [-0.15, -0.1) is 0 Å². The molecule has 1 rings (SSSR count). The summed E-state index contributed by atoms with van der Waals surface area (Å²) in [5, 5.41) is 9.50. The number of nitrogens with one attached hydrogen (secondary N) is 3. The third-order valence-electron chi connectivity index (χ3n) is 2.57. The van der Waals surface area contributed by atoms with Crippen LogP contribution in [0.4, 0.5) is 0 Å². The molecule has 0 aliphatic carbocycles. The number of hydrogen-bond acceptors (Lipinski definition) is 5. The summed E-state index contributed by atoms with van der Waals surface area (Å²) < 4.78 is 27.7. The Morgan fingerprint density at radius 3 is 2.70 bits per heavy atom. The summed E-state index contributed by atoms with van der Waals surface area (Å²) in [6.45, 7) is 5.37. The van der Waals surface area contributed by atoms with Gasteiger partial charge in [0.1, 0.15) is 4.90 Å². The molecule has 0 fully saturated rings. The van der Waals surface area contributed by atoms with Gasteiger partial charge in [-0.2, -0.15) is 9.82 Å². The van der Waals surface area contributed by atoms with Gasteiger partial charge in [-0.1, -0.05) is 6.92 Å². The highest BCUT2D eigenvalue weighted by molar-refractivity contribution is 7.89. The van der Waals surface area contributed by atoms with E-state index in [0.717, 1.165) is 6.54 Å². The predicted octanol–water partition coefficient (Wildman–Crippen LogP) is -1.19. The van der Waals surface area contributed by atoms with Gasteiger partial charge in [0.05, 0.1) is 12.2 Å². The summed E-state index contributed by atoms with van der Waals surface area (Å²) in [7, 11) is -2.11. The second-order valence-corrected chi connectivity index (χ2v) is 6.05. The first-order valence-corrected chi connectivity index (χ1v) is 7.84. The summed E-state index contributed by atoms with van der Waals surface area (Å²) in [6, 6.07) is -0.846. The van der Waals surface area contributed by atoms with Gasteiger partial charge in [-0.25, -0.2) is 8.42 Å². The van der Waals surface area contributed by atoms with E-state index in [1.807, 2.05) is 6.92 Å². The molecule has 0 aliphatic heterocycles. The van der Waals surface area contributed by atoms with Crippen molar-refractivity contribution in [2.45, 2.75) is 24.8 Å². The van der Waals surface area contributed by atoms with Crippen LogP contribution in [-0.2, 0) is 21.9 Å². The maximum Gasteiger partial charge on any atom is 0.244 e. The van der Waals surface area contributed by atoms with Gasteiger partial charge < -0.3 is 10.6 Å². The van der Waals surface area contributed by atoms with Gasteiger partial charge in [0.25, 0.3) is 0 Å². The van der Waals surface area contributed by atoms with Crippen LogP contribution in [0.5, 0.6) is 0 Å². The molecule has 0 aliphatic rings. The van der Waals surface area contributed by atoms with Crippen LogP contribution in [0.3, 0.4) is 0 Å². The van der Waals surface area contributed by atoms with Crippen molar-refractivity contribution in [3.63, 3.8) is 0 Å². The Kier molecular flexibility index (Phi) is 6.11. The first kappa shape index (κ1) is 16.6. The Labute approximate surface area is 119 Å². The molecule has 1 heterocycles. The molecule has 0 bridgehead atoms. The van der Waals surface area contributed by atoms with Crippen molar-refractivity contribution in [2.24, 2.45) is 7.05 Å². The summed E-state index contributed by atoms with van der Waals surface area (Å²) >= 11 is 0. The van der Waals surface area contributed by atoms with Crippen LogP contribution in [-0.4, -0.2) is 49.8 Å². The zero-order valence-electron chi connectivity index (χ0n) is 11.9. The van der Waals surface area contributed by atoms with Gasteiger partial charge in [0, 0.05) is 26.3 Å². The van der Waals surface area contributed by atoms with Crippen LogP contribution in [0.1, 0.15) is 13.8 Å². The van der Waals surface area contributed by atoms with E-state index in [1.165, 1.54) is 24.0 Å². The van der Waals surface area contributed by atoms with E-state index in [0.29, 0.717) is 13.1 Å². The maximum absolute atomic E-state index is 12.0. The summed E-state index contributed by atoms with van der Waals surface area (Å²) in [4.78, 5) is 11.8. The fraction of sp³-hybridized carbons (Fsp3) is 0.636. The lowest BCUT2D eigenvalue weighted by molar-refractivity contribution is -0.122. The van der Waals surface area contributed by atoms with E-state index < -0.39 is 16.1 Å². The van der Waals surface area contributed by atoms with Crippen LogP contribution in [0.25, 0.3) is 0 Å². The van der Waals surface area contributed by atoms with E-state index >= 15 is 0 Å². The molecule has 0 spiro atoms. The minimum Gasteiger partial charge on any atom is -0.353 e. The topological polar surface area (TPSA) is 105 Å². The molecule has 0 radical (unpaired) electrons. The average Bonchev–Trinajstić information content (AvgIpc) is 2.81. The highest BCUT2D eigenvalue weighted by atomic mass is 32.2. The number of nitrogens with zero attached hydrogens (tertiary/aromatic N) is 2. The standard InChI is InChI=1S/C11H21N5O3S/c1-4-12-5-6-13-11(17)9(2)15-20(18,19)10-7-14-16(3)8-10/h7-9,12,15H,4-6H2,1-3H3,(H,13,17). The number of hydrogen-bond donors (Lipinski definition) is 3. The maximum atomic E-state index is 12.0. The number of carbonyl (C=O) groups excluding carboxylic acids is 1. The first-order valence-electron chi connectivity index (χ1n) is 6.36. The van der Waals surface area contributed by atoms with Crippen molar-refractivity contribution in [1.82, 2.24) is 25.1 Å². The SMILES string of the molecule is CCNCCNC(=O)C(C)NS(=O)(=O)c1cnn(C)c1. The molecule has 114 valence electrons. The van der Waals surface area contributed by atoms with E-state index in [1.54, 1.807) is 7.05 Å². The molecule has 1 aromatic rings. The molecule has 0 saturated carbocycles. The fourth-order valence-electron chi connectivity index (χ4n) is 1.50. The molecule has 0 saturated heterocycles. The van der Waals surface area contributed by atoms with Crippen LogP contribution in [0, 0.1) is 0 Å². The number of sulfonamides is 1. The predicted molar refractivity (Wildman–Crippen MR) is 74.5 cm³/mol. The lowest BCUT2D eigenvalue weighted by Gasteiger charge is -2.13. The van der Waals surface area contributed by atoms with Gasteiger partial charge in [-0.05, 0) is 13.5 Å². The molecule has 3 N–H and O–H groups in total. The van der Waals surface area contributed by atoms with Crippen molar-refractivity contribution in [3.8, 4) is 0 Å². The minimum atomic E-state index is -3.73. The third kappa shape index (κ3) is 4.91. The zero-order chi connectivity index (χ0) is 15.2. The Balaban J connectivity index is 2.52. The van der Waals surface area contributed by atoms with Gasteiger partial charge in [-0.3, -0.25) is 9.48 Å². The first-order chi connectivity index (χ1) is 9.36. The van der Waals surface area contributed by atoms with E-state index in [9.17, 15) is 13.2 Å². The molecule has 1 amide bonds. The molecular formula is C11H21N5O3S. The van der Waals surface area contributed by atoms with Crippen LogP contribution in [0.2, 0.25) is 0 Å². The molecular weight excluding hydrogens is 282 g/mol. The van der Waals surface area contributed by atoms with Crippen molar-refractivity contribution in [1.29, 1.82) is 0 Å². The third-order valence-corrected chi connectivity index (χ3v) is 4.06. The Morgan fingerprint density at radius 1 is 1.45 bits per heavy atom. The van der Waals surface area contributed by atoms with E-state index in [2.05, 4.69) is 20.5 Å². The second kappa shape index (κ2) is 7.36. The summed E-state index contributed by atoms with van der Waals surface area (Å²) in [6.07, 6.45) is 2.61. The van der Waals surface area contributed by atoms with Crippen LogP contribution < -0.4 is 15.4 Å². The molecule has 20 heavy (non-hydrogen) atoms. The normalized spacial score (nSPS) is 13.2.